The number of sulfonamides is 1. The maximum atomic E-state index is 12.5. The summed E-state index contributed by atoms with van der Waals surface area (Å²) in [5.74, 6) is -0.825. The molecular weight excluding hydrogens is 294 g/mol. The van der Waals surface area contributed by atoms with Gasteiger partial charge in [-0.05, 0) is 24.1 Å². The van der Waals surface area contributed by atoms with Crippen LogP contribution >= 0.6 is 0 Å². The number of carbonyl (C=O) groups excluding carboxylic acids is 1. The van der Waals surface area contributed by atoms with Gasteiger partial charge in [0, 0.05) is 12.5 Å². The summed E-state index contributed by atoms with van der Waals surface area (Å²) in [6, 6.07) is 6.36. The number of hydrogen-bond donors (Lipinski definition) is 2. The fraction of sp³-hybridized carbons (Fsp3) is 0.231. The molecule has 1 amide bonds. The molecule has 7 nitrogen and oxygen atoms in total. The van der Waals surface area contributed by atoms with Gasteiger partial charge in [0.2, 0.25) is 15.9 Å². The molecular formula is C13H13N3O4S. The largest absolute Gasteiger partial charge is 0.368 e. The molecule has 1 unspecified atom stereocenters. The van der Waals surface area contributed by atoms with Crippen LogP contribution in [0, 0.1) is 6.92 Å². The molecule has 1 aliphatic heterocycles. The van der Waals surface area contributed by atoms with Crippen LogP contribution in [0.4, 0.5) is 0 Å². The summed E-state index contributed by atoms with van der Waals surface area (Å²) < 4.78 is 32.0. The van der Waals surface area contributed by atoms with E-state index in [1.54, 1.807) is 19.1 Å². The van der Waals surface area contributed by atoms with E-state index in [0.717, 1.165) is 5.56 Å². The highest BCUT2D eigenvalue weighted by atomic mass is 32.2. The normalized spacial score (nSPS) is 23.5. The first-order valence-corrected chi connectivity index (χ1v) is 7.68. The molecule has 0 aliphatic carbocycles. The zero-order valence-corrected chi connectivity index (χ0v) is 12.0. The Labute approximate surface area is 121 Å². The number of hydrogen-bond acceptors (Lipinski definition) is 5. The van der Waals surface area contributed by atoms with Gasteiger partial charge >= 0.3 is 0 Å². The summed E-state index contributed by atoms with van der Waals surface area (Å²) in [6.07, 6.45) is 1.36. The molecule has 2 aromatic rings. The zero-order valence-electron chi connectivity index (χ0n) is 11.2. The Hall–Kier alpha value is -2.19. The van der Waals surface area contributed by atoms with E-state index in [-0.39, 0.29) is 17.0 Å². The number of fused-ring (bicyclic) bond motifs is 1. The smallest absolute Gasteiger partial charge is 0.245 e. The first kappa shape index (κ1) is 13.8. The topological polar surface area (TPSA) is 115 Å². The monoisotopic (exact) mass is 307 g/mol. The van der Waals surface area contributed by atoms with Gasteiger partial charge in [0.05, 0.1) is 4.90 Å². The molecule has 1 aromatic heterocycles. The molecule has 3 rings (SSSR count). The molecule has 0 radical (unpaired) electrons. The van der Waals surface area contributed by atoms with Crippen LogP contribution in [0.15, 0.2) is 39.9 Å². The maximum absolute atomic E-state index is 12.5. The number of nitrogens with zero attached hydrogens (tertiary/aromatic N) is 1. The van der Waals surface area contributed by atoms with Gasteiger partial charge in [-0.15, -0.1) is 0 Å². The predicted molar refractivity (Wildman–Crippen MR) is 72.6 cm³/mol. The number of aromatic nitrogens is 1. The second kappa shape index (κ2) is 4.40. The Balaban J connectivity index is 2.29. The first-order chi connectivity index (χ1) is 9.87. The van der Waals surface area contributed by atoms with Crippen molar-refractivity contribution >= 4 is 15.9 Å². The number of nitrogens with two attached hydrogens (primary N) is 1. The number of aryl methyl sites for hydroxylation is 1. The lowest BCUT2D eigenvalue weighted by Crippen LogP contribution is -2.58. The molecule has 0 spiro atoms. The lowest BCUT2D eigenvalue weighted by Gasteiger charge is -2.34. The SMILES string of the molecule is Cc1cccc2c1CC(C(N)=O)(c1ccon1)NS2(=O)=O. The van der Waals surface area contributed by atoms with Gasteiger partial charge in [0.25, 0.3) is 0 Å². The van der Waals surface area contributed by atoms with Crippen LogP contribution in [0.5, 0.6) is 0 Å². The Morgan fingerprint density at radius 3 is 2.81 bits per heavy atom. The van der Waals surface area contributed by atoms with Crippen LogP contribution < -0.4 is 10.5 Å². The highest BCUT2D eigenvalue weighted by Crippen LogP contribution is 2.35. The van der Waals surface area contributed by atoms with Gasteiger partial charge in [-0.3, -0.25) is 4.79 Å². The minimum Gasteiger partial charge on any atom is -0.368 e. The molecule has 1 aromatic carbocycles. The molecule has 0 bridgehead atoms. The fourth-order valence-electron chi connectivity index (χ4n) is 2.58. The van der Waals surface area contributed by atoms with Gasteiger partial charge in [-0.2, -0.15) is 4.72 Å². The van der Waals surface area contributed by atoms with Crippen molar-refractivity contribution in [3.05, 3.63) is 47.3 Å². The van der Waals surface area contributed by atoms with E-state index >= 15 is 0 Å². The summed E-state index contributed by atoms with van der Waals surface area (Å²) in [5.41, 5.74) is 5.31. The van der Waals surface area contributed by atoms with E-state index in [9.17, 15) is 13.2 Å². The van der Waals surface area contributed by atoms with Crippen LogP contribution in [0.1, 0.15) is 16.8 Å². The zero-order chi connectivity index (χ0) is 15.3. The number of rotatable bonds is 2. The summed E-state index contributed by atoms with van der Waals surface area (Å²) >= 11 is 0. The van der Waals surface area contributed by atoms with Crippen LogP contribution in [-0.2, 0) is 26.8 Å². The predicted octanol–water partition coefficient (Wildman–Crippen LogP) is 0.198. The lowest BCUT2D eigenvalue weighted by molar-refractivity contribution is -0.124. The molecule has 0 saturated heterocycles. The average Bonchev–Trinajstić information content (AvgIpc) is 2.93. The lowest BCUT2D eigenvalue weighted by atomic mass is 9.86. The van der Waals surface area contributed by atoms with E-state index in [1.165, 1.54) is 18.4 Å². The van der Waals surface area contributed by atoms with E-state index in [2.05, 4.69) is 9.88 Å². The average molecular weight is 307 g/mol. The van der Waals surface area contributed by atoms with Gasteiger partial charge < -0.3 is 10.3 Å². The third kappa shape index (κ3) is 1.95. The van der Waals surface area contributed by atoms with E-state index < -0.39 is 21.5 Å². The second-order valence-corrected chi connectivity index (χ2v) is 6.64. The maximum Gasteiger partial charge on any atom is 0.245 e. The highest BCUT2D eigenvalue weighted by Gasteiger charge is 2.49. The number of amides is 1. The fourth-order valence-corrected chi connectivity index (χ4v) is 4.24. The van der Waals surface area contributed by atoms with Crippen LogP contribution in [0.2, 0.25) is 0 Å². The Bertz CT molecular complexity index is 814. The van der Waals surface area contributed by atoms with Crippen LogP contribution in [0.3, 0.4) is 0 Å². The van der Waals surface area contributed by atoms with Crippen molar-refractivity contribution in [3.8, 4) is 0 Å². The van der Waals surface area contributed by atoms with Crippen molar-refractivity contribution in [1.82, 2.24) is 9.88 Å². The number of carbonyl (C=O) groups is 1. The minimum absolute atomic E-state index is 0.0934. The molecule has 110 valence electrons. The molecule has 1 atom stereocenters. The third-order valence-corrected chi connectivity index (χ3v) is 5.28. The van der Waals surface area contributed by atoms with E-state index in [1.807, 2.05) is 0 Å². The van der Waals surface area contributed by atoms with Crippen molar-refractivity contribution in [2.45, 2.75) is 23.8 Å². The molecule has 21 heavy (non-hydrogen) atoms. The third-order valence-electron chi connectivity index (χ3n) is 3.70. The molecule has 3 N–H and O–H groups in total. The Morgan fingerprint density at radius 1 is 1.43 bits per heavy atom. The van der Waals surface area contributed by atoms with Crippen molar-refractivity contribution in [2.24, 2.45) is 5.73 Å². The van der Waals surface area contributed by atoms with Crippen molar-refractivity contribution < 1.29 is 17.7 Å². The number of primary amides is 1. The summed E-state index contributed by atoms with van der Waals surface area (Å²) in [6.45, 7) is 1.79. The van der Waals surface area contributed by atoms with Gasteiger partial charge in [-0.25, -0.2) is 8.42 Å². The number of nitrogens with one attached hydrogen (secondary N) is 1. The second-order valence-electron chi connectivity index (χ2n) is 4.99. The van der Waals surface area contributed by atoms with Crippen molar-refractivity contribution in [3.63, 3.8) is 0 Å². The Morgan fingerprint density at radius 2 is 2.19 bits per heavy atom. The quantitative estimate of drug-likeness (QED) is 0.822. The van der Waals surface area contributed by atoms with Crippen LogP contribution in [-0.4, -0.2) is 19.5 Å². The minimum atomic E-state index is -3.88. The molecule has 2 heterocycles. The highest BCUT2D eigenvalue weighted by molar-refractivity contribution is 7.89. The van der Waals surface area contributed by atoms with Crippen molar-refractivity contribution in [2.75, 3.05) is 0 Å². The molecule has 8 heteroatoms. The van der Waals surface area contributed by atoms with Crippen LogP contribution in [0.25, 0.3) is 0 Å². The van der Waals surface area contributed by atoms with E-state index in [0.29, 0.717) is 5.56 Å². The molecule has 1 aliphatic rings. The van der Waals surface area contributed by atoms with Crippen molar-refractivity contribution in [1.29, 1.82) is 0 Å². The van der Waals surface area contributed by atoms with Gasteiger partial charge in [0.15, 0.2) is 5.54 Å². The Kier molecular flexibility index (Phi) is 2.89. The molecule has 0 saturated carbocycles. The summed E-state index contributed by atoms with van der Waals surface area (Å²) in [7, 11) is -3.88. The van der Waals surface area contributed by atoms with E-state index in [4.69, 9.17) is 10.3 Å². The summed E-state index contributed by atoms with van der Waals surface area (Å²) in [4.78, 5) is 12.2. The van der Waals surface area contributed by atoms with Gasteiger partial charge in [-0.1, -0.05) is 17.3 Å². The van der Waals surface area contributed by atoms with Gasteiger partial charge in [0.1, 0.15) is 12.0 Å². The molecule has 0 fully saturated rings. The standard InChI is InChI=1S/C13H13N3O4S/c1-8-3-2-4-10-9(8)7-13(12(14)17,16-21(10,18)19)11-5-6-20-15-11/h2-6,16H,7H2,1H3,(H2,14,17). The first-order valence-electron chi connectivity index (χ1n) is 6.20. The summed E-state index contributed by atoms with van der Waals surface area (Å²) in [5, 5.41) is 3.70. The number of benzene rings is 1.